The van der Waals surface area contributed by atoms with Crippen LogP contribution in [0.4, 0.5) is 0 Å². The van der Waals surface area contributed by atoms with Crippen LogP contribution in [-0.2, 0) is 28.4 Å². The summed E-state index contributed by atoms with van der Waals surface area (Å²) in [6.45, 7) is 5.01. The molecule has 152 valence electrons. The number of hydrogen-bond acceptors (Lipinski definition) is 6. The van der Waals surface area contributed by atoms with Crippen LogP contribution >= 0.6 is 0 Å². The molecule has 0 saturated heterocycles. The Morgan fingerprint density at radius 2 is 0.920 bits per heavy atom. The molecule has 0 aliphatic rings. The second-order valence-corrected chi connectivity index (χ2v) is 6.08. The largest absolute Gasteiger partial charge is 0.382 e. The summed E-state index contributed by atoms with van der Waals surface area (Å²) in [6.07, 6.45) is 9.30. The first-order chi connectivity index (χ1) is 12.2. The van der Waals surface area contributed by atoms with Crippen molar-refractivity contribution in [3.05, 3.63) is 0 Å². The Morgan fingerprint density at radius 3 is 1.32 bits per heavy atom. The van der Waals surface area contributed by atoms with Gasteiger partial charge in [-0.3, -0.25) is 0 Å². The first kappa shape index (κ1) is 24.8. The summed E-state index contributed by atoms with van der Waals surface area (Å²) in [5, 5.41) is 0. The molecule has 0 N–H and O–H groups in total. The Morgan fingerprint density at radius 1 is 0.520 bits per heavy atom. The topological polar surface area (TPSA) is 55.4 Å². The van der Waals surface area contributed by atoms with Crippen LogP contribution < -0.4 is 0 Å². The molecule has 6 nitrogen and oxygen atoms in total. The van der Waals surface area contributed by atoms with Crippen LogP contribution in [-0.4, -0.2) is 66.9 Å². The van der Waals surface area contributed by atoms with Crippen LogP contribution in [0.15, 0.2) is 0 Å². The molecule has 25 heavy (non-hydrogen) atoms. The summed E-state index contributed by atoms with van der Waals surface area (Å²) in [6, 6.07) is 0. The van der Waals surface area contributed by atoms with Gasteiger partial charge in [0.05, 0.1) is 39.6 Å². The number of ether oxygens (including phenoxy) is 6. The number of rotatable bonds is 20. The Bertz CT molecular complexity index is 236. The molecule has 0 bridgehead atoms. The van der Waals surface area contributed by atoms with Crippen molar-refractivity contribution in [1.82, 2.24) is 0 Å². The Balaban J connectivity index is 4.43. The van der Waals surface area contributed by atoms with Crippen molar-refractivity contribution in [2.24, 2.45) is 0 Å². The van der Waals surface area contributed by atoms with E-state index in [1.165, 1.54) is 32.1 Å². The van der Waals surface area contributed by atoms with Gasteiger partial charge in [0.25, 0.3) is 5.97 Å². The molecular formula is C19H40O6. The lowest BCUT2D eigenvalue weighted by atomic mass is 10.1. The van der Waals surface area contributed by atoms with Gasteiger partial charge < -0.3 is 28.4 Å². The lowest BCUT2D eigenvalue weighted by molar-refractivity contribution is -0.387. The molecule has 0 heterocycles. The molecule has 0 aromatic carbocycles. The maximum atomic E-state index is 5.93. The Hall–Kier alpha value is -0.240. The molecule has 0 atom stereocenters. The molecule has 0 aromatic heterocycles. The molecule has 6 heteroatoms. The summed E-state index contributed by atoms with van der Waals surface area (Å²) in [5.74, 6) is -1.04. The summed E-state index contributed by atoms with van der Waals surface area (Å²) >= 11 is 0. The zero-order valence-electron chi connectivity index (χ0n) is 16.8. The van der Waals surface area contributed by atoms with Gasteiger partial charge in [0.1, 0.15) is 0 Å². The highest BCUT2D eigenvalue weighted by atomic mass is 16.9. The first-order valence-electron chi connectivity index (χ1n) is 9.63. The minimum absolute atomic E-state index is 0.424. The quantitative estimate of drug-likeness (QED) is 0.242. The molecular weight excluding hydrogens is 324 g/mol. The standard InChI is InChI=1S/C19H40O6/c1-5-6-7-8-9-10-11-12-19(23-16-13-20-2,24-17-14-21-3)25-18-15-22-4/h5-18H2,1-4H3. The third-order valence-electron chi connectivity index (χ3n) is 3.91. The molecule has 0 aromatic rings. The van der Waals surface area contributed by atoms with Gasteiger partial charge in [0, 0.05) is 27.8 Å². The lowest BCUT2D eigenvalue weighted by Crippen LogP contribution is -2.42. The molecule has 0 radical (unpaired) electrons. The zero-order valence-corrected chi connectivity index (χ0v) is 16.8. The smallest absolute Gasteiger partial charge is 0.283 e. The molecule has 0 fully saturated rings. The maximum Gasteiger partial charge on any atom is 0.283 e. The minimum atomic E-state index is -1.04. The number of unbranched alkanes of at least 4 members (excludes halogenated alkanes) is 6. The van der Waals surface area contributed by atoms with Crippen LogP contribution in [0.1, 0.15) is 58.3 Å². The van der Waals surface area contributed by atoms with Crippen LogP contribution in [0.2, 0.25) is 0 Å². The van der Waals surface area contributed by atoms with Crippen LogP contribution in [0.3, 0.4) is 0 Å². The van der Waals surface area contributed by atoms with Crippen LogP contribution in [0.25, 0.3) is 0 Å². The monoisotopic (exact) mass is 364 g/mol. The van der Waals surface area contributed by atoms with E-state index in [1.54, 1.807) is 21.3 Å². The van der Waals surface area contributed by atoms with Gasteiger partial charge in [-0.05, 0) is 6.42 Å². The van der Waals surface area contributed by atoms with Crippen LogP contribution in [0.5, 0.6) is 0 Å². The van der Waals surface area contributed by atoms with Crippen molar-refractivity contribution in [3.8, 4) is 0 Å². The van der Waals surface area contributed by atoms with E-state index >= 15 is 0 Å². The predicted molar refractivity (Wildman–Crippen MR) is 98.8 cm³/mol. The SMILES string of the molecule is CCCCCCCCCC(OCCOC)(OCCOC)OCCOC. The third-order valence-corrected chi connectivity index (χ3v) is 3.91. The van der Waals surface area contributed by atoms with Gasteiger partial charge in [-0.15, -0.1) is 0 Å². The van der Waals surface area contributed by atoms with Crippen molar-refractivity contribution in [2.45, 2.75) is 64.3 Å². The molecule has 0 rings (SSSR count). The van der Waals surface area contributed by atoms with Crippen molar-refractivity contribution in [1.29, 1.82) is 0 Å². The second-order valence-electron chi connectivity index (χ2n) is 6.08. The van der Waals surface area contributed by atoms with Gasteiger partial charge in [-0.1, -0.05) is 45.4 Å². The van der Waals surface area contributed by atoms with E-state index in [0.717, 1.165) is 12.8 Å². The third kappa shape index (κ3) is 14.6. The summed E-state index contributed by atoms with van der Waals surface area (Å²) in [7, 11) is 4.96. The summed E-state index contributed by atoms with van der Waals surface area (Å²) in [5.41, 5.74) is 0. The Kier molecular flexibility index (Phi) is 18.4. The van der Waals surface area contributed by atoms with Crippen molar-refractivity contribution in [2.75, 3.05) is 61.0 Å². The van der Waals surface area contributed by atoms with E-state index in [4.69, 9.17) is 28.4 Å². The highest BCUT2D eigenvalue weighted by molar-refractivity contribution is 4.61. The van der Waals surface area contributed by atoms with Crippen LogP contribution in [0, 0.1) is 0 Å². The average Bonchev–Trinajstić information content (AvgIpc) is 2.61. The molecule has 0 saturated carbocycles. The maximum absolute atomic E-state index is 5.93. The predicted octanol–water partition coefficient (Wildman–Crippen LogP) is 3.77. The fourth-order valence-corrected chi connectivity index (χ4v) is 2.48. The molecule has 0 unspecified atom stereocenters. The van der Waals surface area contributed by atoms with Gasteiger partial charge in [0.15, 0.2) is 0 Å². The van der Waals surface area contributed by atoms with E-state index in [9.17, 15) is 0 Å². The van der Waals surface area contributed by atoms with Crippen molar-refractivity contribution in [3.63, 3.8) is 0 Å². The van der Waals surface area contributed by atoms with Crippen molar-refractivity contribution >= 4 is 0 Å². The average molecular weight is 365 g/mol. The van der Waals surface area contributed by atoms with Crippen molar-refractivity contribution < 1.29 is 28.4 Å². The first-order valence-corrected chi connectivity index (χ1v) is 9.63. The van der Waals surface area contributed by atoms with Gasteiger partial charge >= 0.3 is 0 Å². The fourth-order valence-electron chi connectivity index (χ4n) is 2.48. The minimum Gasteiger partial charge on any atom is -0.382 e. The lowest BCUT2D eigenvalue weighted by Gasteiger charge is -2.33. The summed E-state index contributed by atoms with van der Waals surface area (Å²) < 4.78 is 33.0. The van der Waals surface area contributed by atoms with E-state index < -0.39 is 5.97 Å². The highest BCUT2D eigenvalue weighted by Gasteiger charge is 2.33. The summed E-state index contributed by atoms with van der Waals surface area (Å²) in [4.78, 5) is 0. The highest BCUT2D eigenvalue weighted by Crippen LogP contribution is 2.24. The van der Waals surface area contributed by atoms with E-state index in [1.807, 2.05) is 0 Å². The van der Waals surface area contributed by atoms with E-state index in [-0.39, 0.29) is 0 Å². The second kappa shape index (κ2) is 18.5. The molecule has 0 spiro atoms. The molecule has 0 aliphatic carbocycles. The Labute approximate surface area is 154 Å². The number of methoxy groups -OCH3 is 3. The zero-order chi connectivity index (χ0) is 18.6. The van der Waals surface area contributed by atoms with E-state index in [0.29, 0.717) is 46.1 Å². The molecule has 0 aliphatic heterocycles. The van der Waals surface area contributed by atoms with Gasteiger partial charge in [0.2, 0.25) is 0 Å². The van der Waals surface area contributed by atoms with E-state index in [2.05, 4.69) is 6.92 Å². The van der Waals surface area contributed by atoms with Gasteiger partial charge in [-0.2, -0.15) is 0 Å². The molecule has 0 amide bonds. The van der Waals surface area contributed by atoms with Gasteiger partial charge in [-0.25, -0.2) is 0 Å². The number of hydrogen-bond donors (Lipinski definition) is 0. The normalized spacial score (nSPS) is 12.0. The fraction of sp³-hybridized carbons (Fsp3) is 1.00.